The summed E-state index contributed by atoms with van der Waals surface area (Å²) < 4.78 is 0. The molecule has 0 aromatic carbocycles. The Hall–Kier alpha value is -1.44. The van der Waals surface area contributed by atoms with Crippen molar-refractivity contribution in [2.75, 3.05) is 0 Å². The van der Waals surface area contributed by atoms with Gasteiger partial charge in [-0.15, -0.1) is 0 Å². The first-order valence-electron chi connectivity index (χ1n) is 3.59. The Labute approximate surface area is 65.3 Å². The minimum atomic E-state index is 0.934. The molecule has 2 heteroatoms. The molecule has 1 aromatic heterocycles. The fourth-order valence-corrected chi connectivity index (χ4v) is 1.10. The van der Waals surface area contributed by atoms with Crippen LogP contribution in [0.15, 0.2) is 30.8 Å². The van der Waals surface area contributed by atoms with Crippen molar-refractivity contribution >= 4 is 6.08 Å². The van der Waals surface area contributed by atoms with E-state index in [0.717, 1.165) is 12.1 Å². The van der Waals surface area contributed by atoms with Gasteiger partial charge in [0.25, 0.3) is 0 Å². The van der Waals surface area contributed by atoms with Crippen LogP contribution in [0.3, 0.4) is 0 Å². The standard InChI is InChI=1S/C9H8N2/c1-2-4-8-6-10-7-11-9(8)5-3-1/h1-3,5-7H,4H2. The Morgan fingerprint density at radius 1 is 1.27 bits per heavy atom. The van der Waals surface area contributed by atoms with E-state index < -0.39 is 0 Å². The summed E-state index contributed by atoms with van der Waals surface area (Å²) in [6.45, 7) is 0. The van der Waals surface area contributed by atoms with Crippen LogP contribution in [0.5, 0.6) is 0 Å². The van der Waals surface area contributed by atoms with Crippen LogP contribution in [0.25, 0.3) is 6.08 Å². The normalized spacial score (nSPS) is 14.2. The van der Waals surface area contributed by atoms with Gasteiger partial charge in [-0.1, -0.05) is 18.2 Å². The van der Waals surface area contributed by atoms with Gasteiger partial charge in [0.1, 0.15) is 6.33 Å². The third-order valence-electron chi connectivity index (χ3n) is 1.66. The van der Waals surface area contributed by atoms with Gasteiger partial charge in [0.05, 0.1) is 5.69 Å². The fourth-order valence-electron chi connectivity index (χ4n) is 1.10. The predicted octanol–water partition coefficient (Wildman–Crippen LogP) is 1.60. The Bertz CT molecular complexity index is 313. The summed E-state index contributed by atoms with van der Waals surface area (Å²) in [5, 5.41) is 0. The zero-order valence-corrected chi connectivity index (χ0v) is 6.07. The van der Waals surface area contributed by atoms with Gasteiger partial charge in [-0.25, -0.2) is 9.97 Å². The van der Waals surface area contributed by atoms with Crippen molar-refractivity contribution in [1.82, 2.24) is 9.97 Å². The van der Waals surface area contributed by atoms with E-state index in [2.05, 4.69) is 16.0 Å². The van der Waals surface area contributed by atoms with Crippen LogP contribution in [-0.2, 0) is 6.42 Å². The maximum Gasteiger partial charge on any atom is 0.116 e. The summed E-state index contributed by atoms with van der Waals surface area (Å²) >= 11 is 0. The van der Waals surface area contributed by atoms with Gasteiger partial charge in [-0.2, -0.15) is 0 Å². The number of hydrogen-bond donors (Lipinski definition) is 0. The summed E-state index contributed by atoms with van der Waals surface area (Å²) in [6.07, 6.45) is 12.5. The highest BCUT2D eigenvalue weighted by Gasteiger charge is 1.99. The lowest BCUT2D eigenvalue weighted by Crippen LogP contribution is -1.90. The van der Waals surface area contributed by atoms with Crippen molar-refractivity contribution in [3.05, 3.63) is 42.0 Å². The van der Waals surface area contributed by atoms with Gasteiger partial charge in [0.15, 0.2) is 0 Å². The molecule has 0 radical (unpaired) electrons. The molecule has 2 nitrogen and oxygen atoms in total. The molecule has 1 aliphatic carbocycles. The van der Waals surface area contributed by atoms with E-state index in [-0.39, 0.29) is 0 Å². The first-order chi connectivity index (χ1) is 5.47. The van der Waals surface area contributed by atoms with Gasteiger partial charge >= 0.3 is 0 Å². The third kappa shape index (κ3) is 1.19. The number of fused-ring (bicyclic) bond motifs is 1. The van der Waals surface area contributed by atoms with Crippen LogP contribution in [-0.4, -0.2) is 9.97 Å². The van der Waals surface area contributed by atoms with E-state index in [4.69, 9.17) is 0 Å². The average Bonchev–Trinajstić information content (AvgIpc) is 2.28. The second kappa shape index (κ2) is 2.66. The quantitative estimate of drug-likeness (QED) is 0.552. The van der Waals surface area contributed by atoms with Gasteiger partial charge in [0.2, 0.25) is 0 Å². The molecule has 0 saturated heterocycles. The van der Waals surface area contributed by atoms with Gasteiger partial charge in [-0.3, -0.25) is 0 Å². The molecule has 0 spiro atoms. The maximum absolute atomic E-state index is 4.14. The molecule has 0 saturated carbocycles. The molecular formula is C9H8N2. The van der Waals surface area contributed by atoms with E-state index in [9.17, 15) is 0 Å². The zero-order chi connectivity index (χ0) is 7.52. The number of allylic oxidation sites excluding steroid dienone is 3. The number of rotatable bonds is 0. The number of hydrogen-bond acceptors (Lipinski definition) is 2. The molecule has 0 bridgehead atoms. The van der Waals surface area contributed by atoms with Crippen LogP contribution < -0.4 is 0 Å². The van der Waals surface area contributed by atoms with Crippen molar-refractivity contribution in [2.45, 2.75) is 6.42 Å². The average molecular weight is 144 g/mol. The third-order valence-corrected chi connectivity index (χ3v) is 1.66. The fraction of sp³-hybridized carbons (Fsp3) is 0.111. The van der Waals surface area contributed by atoms with Crippen LogP contribution in [0.1, 0.15) is 11.3 Å². The Morgan fingerprint density at radius 2 is 2.27 bits per heavy atom. The summed E-state index contributed by atoms with van der Waals surface area (Å²) in [4.78, 5) is 8.10. The smallest absolute Gasteiger partial charge is 0.116 e. The molecule has 0 amide bonds. The van der Waals surface area contributed by atoms with Gasteiger partial charge in [-0.05, 0) is 18.1 Å². The monoisotopic (exact) mass is 144 g/mol. The molecule has 1 aliphatic rings. The summed E-state index contributed by atoms with van der Waals surface area (Å²) in [6, 6.07) is 0. The lowest BCUT2D eigenvalue weighted by atomic mass is 10.2. The molecule has 0 unspecified atom stereocenters. The molecule has 54 valence electrons. The highest BCUT2D eigenvalue weighted by Crippen LogP contribution is 2.10. The van der Waals surface area contributed by atoms with Crippen molar-refractivity contribution < 1.29 is 0 Å². The first-order valence-corrected chi connectivity index (χ1v) is 3.59. The van der Waals surface area contributed by atoms with E-state index in [0.29, 0.717) is 0 Å². The Morgan fingerprint density at radius 3 is 3.27 bits per heavy atom. The van der Waals surface area contributed by atoms with Crippen LogP contribution in [0, 0.1) is 0 Å². The van der Waals surface area contributed by atoms with Crippen molar-refractivity contribution in [3.63, 3.8) is 0 Å². The van der Waals surface area contributed by atoms with Gasteiger partial charge < -0.3 is 0 Å². The van der Waals surface area contributed by atoms with E-state index in [1.165, 1.54) is 5.56 Å². The van der Waals surface area contributed by atoms with Crippen molar-refractivity contribution in [2.24, 2.45) is 0 Å². The second-order valence-corrected chi connectivity index (χ2v) is 2.42. The second-order valence-electron chi connectivity index (χ2n) is 2.42. The van der Waals surface area contributed by atoms with Crippen LogP contribution >= 0.6 is 0 Å². The molecule has 0 N–H and O–H groups in total. The predicted molar refractivity (Wildman–Crippen MR) is 43.9 cm³/mol. The highest BCUT2D eigenvalue weighted by molar-refractivity contribution is 5.52. The van der Waals surface area contributed by atoms with E-state index in [1.807, 2.05) is 24.4 Å². The molecule has 2 rings (SSSR count). The van der Waals surface area contributed by atoms with Gasteiger partial charge in [0, 0.05) is 6.20 Å². The minimum Gasteiger partial charge on any atom is -0.244 e. The maximum atomic E-state index is 4.14. The molecular weight excluding hydrogens is 136 g/mol. The van der Waals surface area contributed by atoms with Crippen LogP contribution in [0.4, 0.5) is 0 Å². The lowest BCUT2D eigenvalue weighted by molar-refractivity contribution is 1.08. The molecule has 0 fully saturated rings. The highest BCUT2D eigenvalue weighted by atomic mass is 14.8. The Kier molecular flexibility index (Phi) is 1.52. The first kappa shape index (κ1) is 6.28. The summed E-state index contributed by atoms with van der Waals surface area (Å²) in [5.74, 6) is 0. The van der Waals surface area contributed by atoms with E-state index in [1.54, 1.807) is 6.33 Å². The summed E-state index contributed by atoms with van der Waals surface area (Å²) in [5.41, 5.74) is 2.22. The van der Waals surface area contributed by atoms with E-state index >= 15 is 0 Å². The number of aromatic nitrogens is 2. The lowest BCUT2D eigenvalue weighted by Gasteiger charge is -1.97. The molecule has 0 aliphatic heterocycles. The largest absolute Gasteiger partial charge is 0.244 e. The topological polar surface area (TPSA) is 25.8 Å². The summed E-state index contributed by atoms with van der Waals surface area (Å²) in [7, 11) is 0. The number of nitrogens with zero attached hydrogens (tertiary/aromatic N) is 2. The SMILES string of the molecule is C1=CCc2cncnc2C=C1. The van der Waals surface area contributed by atoms with Crippen LogP contribution in [0.2, 0.25) is 0 Å². The molecule has 1 heterocycles. The van der Waals surface area contributed by atoms with Crippen molar-refractivity contribution in [1.29, 1.82) is 0 Å². The molecule has 11 heavy (non-hydrogen) atoms. The minimum absolute atomic E-state index is 0.934. The molecule has 1 aromatic rings. The Balaban J connectivity index is 2.52. The molecule has 0 atom stereocenters. The van der Waals surface area contributed by atoms with Crippen molar-refractivity contribution in [3.8, 4) is 0 Å². The zero-order valence-electron chi connectivity index (χ0n) is 6.07.